The van der Waals surface area contributed by atoms with Gasteiger partial charge in [0.1, 0.15) is 12.1 Å². The molecule has 0 amide bonds. The van der Waals surface area contributed by atoms with E-state index in [4.69, 9.17) is 10.5 Å². The molecule has 0 aliphatic heterocycles. The molecule has 1 aliphatic carbocycles. The van der Waals surface area contributed by atoms with Crippen molar-refractivity contribution in [3.8, 4) is 5.88 Å². The topological polar surface area (TPSA) is 91.7 Å². The molecule has 124 valence electrons. The lowest BCUT2D eigenvalue weighted by molar-refractivity contribution is 0.349. The summed E-state index contributed by atoms with van der Waals surface area (Å²) in [6.07, 6.45) is 8.02. The highest BCUT2D eigenvalue weighted by Crippen LogP contribution is 2.39. The minimum absolute atomic E-state index is 0.0226. The van der Waals surface area contributed by atoms with E-state index in [0.29, 0.717) is 17.6 Å². The molecule has 1 fully saturated rings. The molecule has 7 heteroatoms. The third-order valence-corrected chi connectivity index (χ3v) is 4.79. The van der Waals surface area contributed by atoms with Crippen LogP contribution in [0.2, 0.25) is 0 Å². The number of methoxy groups -OCH3 is 1. The first kappa shape index (κ1) is 14.9. The molecular weight excluding hydrogens is 304 g/mol. The van der Waals surface area contributed by atoms with E-state index >= 15 is 0 Å². The number of nitrogen functional groups attached to an aromatic ring is 1. The number of hydrogen-bond acceptors (Lipinski definition) is 6. The lowest BCUT2D eigenvalue weighted by atomic mass is 9.95. The molecule has 1 unspecified atom stereocenters. The molecule has 0 aromatic carbocycles. The van der Waals surface area contributed by atoms with Crippen LogP contribution in [0.4, 0.5) is 5.82 Å². The van der Waals surface area contributed by atoms with Crippen molar-refractivity contribution in [2.24, 2.45) is 5.92 Å². The van der Waals surface area contributed by atoms with E-state index in [0.717, 1.165) is 29.6 Å². The number of pyridine rings is 1. The normalized spacial score (nSPS) is 16.5. The van der Waals surface area contributed by atoms with E-state index in [9.17, 15) is 0 Å². The number of nitrogens with two attached hydrogens (primary N) is 1. The van der Waals surface area contributed by atoms with Gasteiger partial charge < -0.3 is 10.5 Å². The second-order valence-electron chi connectivity index (χ2n) is 6.18. The molecule has 0 radical (unpaired) electrons. The van der Waals surface area contributed by atoms with Gasteiger partial charge in [-0.25, -0.2) is 19.6 Å². The van der Waals surface area contributed by atoms with E-state index in [2.05, 4.69) is 20.1 Å². The number of rotatable bonds is 4. The molecule has 1 atom stereocenters. The maximum Gasteiger partial charge on any atom is 0.213 e. The summed E-state index contributed by atoms with van der Waals surface area (Å²) in [6, 6.07) is 5.88. The van der Waals surface area contributed by atoms with Gasteiger partial charge in [-0.15, -0.1) is 0 Å². The summed E-state index contributed by atoms with van der Waals surface area (Å²) in [5.74, 6) is 1.54. The number of aromatic nitrogens is 5. The number of anilines is 1. The van der Waals surface area contributed by atoms with E-state index < -0.39 is 0 Å². The average Bonchev–Trinajstić information content (AvgIpc) is 3.27. The highest BCUT2D eigenvalue weighted by Gasteiger charge is 2.31. The van der Waals surface area contributed by atoms with Gasteiger partial charge >= 0.3 is 0 Å². The van der Waals surface area contributed by atoms with Crippen LogP contribution in [-0.2, 0) is 0 Å². The van der Waals surface area contributed by atoms with Gasteiger partial charge in [-0.05, 0) is 24.8 Å². The van der Waals surface area contributed by atoms with E-state index in [1.165, 1.54) is 19.2 Å². The molecule has 2 N–H and O–H groups in total. The SMILES string of the molecule is COc1cccc(C(C2CCCC2)n2ncc3c(N)ncnc32)n1. The van der Waals surface area contributed by atoms with Crippen LogP contribution >= 0.6 is 0 Å². The quantitative estimate of drug-likeness (QED) is 0.793. The van der Waals surface area contributed by atoms with Crippen LogP contribution in [0.15, 0.2) is 30.7 Å². The molecule has 0 saturated heterocycles. The van der Waals surface area contributed by atoms with Crippen LogP contribution in [0.25, 0.3) is 11.0 Å². The van der Waals surface area contributed by atoms with Crippen LogP contribution in [0.1, 0.15) is 37.4 Å². The van der Waals surface area contributed by atoms with Crippen molar-refractivity contribution in [2.45, 2.75) is 31.7 Å². The predicted octanol–water partition coefficient (Wildman–Crippen LogP) is 2.59. The van der Waals surface area contributed by atoms with Crippen LogP contribution < -0.4 is 10.5 Å². The number of ether oxygens (including phenoxy) is 1. The van der Waals surface area contributed by atoms with Crippen molar-refractivity contribution in [1.29, 1.82) is 0 Å². The maximum atomic E-state index is 5.97. The standard InChI is InChI=1S/C17H20N6O/c1-24-14-8-4-7-13(22-14)15(11-5-2-3-6-11)23-17-12(9-21-23)16(18)19-10-20-17/h4,7-11,15H,2-3,5-6H2,1H3,(H2,18,19,20). The third kappa shape index (κ3) is 2.46. The molecule has 24 heavy (non-hydrogen) atoms. The first-order chi connectivity index (χ1) is 11.8. The van der Waals surface area contributed by atoms with Crippen LogP contribution in [0, 0.1) is 5.92 Å². The zero-order chi connectivity index (χ0) is 16.5. The fourth-order valence-corrected chi connectivity index (χ4v) is 3.63. The summed E-state index contributed by atoms with van der Waals surface area (Å²) in [7, 11) is 1.63. The Hall–Kier alpha value is -2.70. The summed E-state index contributed by atoms with van der Waals surface area (Å²) in [5, 5.41) is 5.37. The Labute approximate surface area is 139 Å². The van der Waals surface area contributed by atoms with Gasteiger partial charge in [-0.2, -0.15) is 5.10 Å². The smallest absolute Gasteiger partial charge is 0.213 e. The Kier molecular flexibility index (Phi) is 3.76. The second-order valence-corrected chi connectivity index (χ2v) is 6.18. The zero-order valence-electron chi connectivity index (χ0n) is 13.6. The van der Waals surface area contributed by atoms with Gasteiger partial charge in [0.2, 0.25) is 5.88 Å². The lowest BCUT2D eigenvalue weighted by Crippen LogP contribution is -2.21. The Morgan fingerprint density at radius 2 is 2.08 bits per heavy atom. The molecule has 4 rings (SSSR count). The molecule has 7 nitrogen and oxygen atoms in total. The summed E-state index contributed by atoms with van der Waals surface area (Å²) in [4.78, 5) is 13.1. The highest BCUT2D eigenvalue weighted by molar-refractivity contribution is 5.84. The number of hydrogen-bond donors (Lipinski definition) is 1. The van der Waals surface area contributed by atoms with Gasteiger partial charge in [0.25, 0.3) is 0 Å². The molecule has 1 aliphatic rings. The largest absolute Gasteiger partial charge is 0.481 e. The summed E-state index contributed by atoms with van der Waals surface area (Å²) >= 11 is 0. The lowest BCUT2D eigenvalue weighted by Gasteiger charge is -2.24. The average molecular weight is 324 g/mol. The predicted molar refractivity (Wildman–Crippen MR) is 90.6 cm³/mol. The Bertz CT molecular complexity index is 855. The maximum absolute atomic E-state index is 5.97. The van der Waals surface area contributed by atoms with Gasteiger partial charge in [0.15, 0.2) is 5.65 Å². The Morgan fingerprint density at radius 3 is 2.88 bits per heavy atom. The Balaban J connectivity index is 1.87. The fourth-order valence-electron chi connectivity index (χ4n) is 3.63. The fraction of sp³-hybridized carbons (Fsp3) is 0.412. The first-order valence-electron chi connectivity index (χ1n) is 8.22. The van der Waals surface area contributed by atoms with Crippen LogP contribution in [0.3, 0.4) is 0 Å². The Morgan fingerprint density at radius 1 is 1.25 bits per heavy atom. The second kappa shape index (κ2) is 6.07. The van der Waals surface area contributed by atoms with Crippen molar-refractivity contribution in [2.75, 3.05) is 12.8 Å². The van der Waals surface area contributed by atoms with Gasteiger partial charge in [-0.3, -0.25) is 0 Å². The van der Waals surface area contributed by atoms with Gasteiger partial charge in [0.05, 0.1) is 30.4 Å². The molecule has 3 aromatic heterocycles. The number of fused-ring (bicyclic) bond motifs is 1. The minimum Gasteiger partial charge on any atom is -0.481 e. The molecule has 3 heterocycles. The van der Waals surface area contributed by atoms with Crippen molar-refractivity contribution < 1.29 is 4.74 Å². The highest BCUT2D eigenvalue weighted by atomic mass is 16.5. The van der Waals surface area contributed by atoms with Gasteiger partial charge in [0, 0.05) is 6.07 Å². The molecular formula is C17H20N6O. The van der Waals surface area contributed by atoms with E-state index in [1.807, 2.05) is 22.9 Å². The van der Waals surface area contributed by atoms with Crippen molar-refractivity contribution >= 4 is 16.9 Å². The molecule has 0 spiro atoms. The summed E-state index contributed by atoms with van der Waals surface area (Å²) in [5.41, 5.74) is 7.67. The van der Waals surface area contributed by atoms with Crippen LogP contribution in [0.5, 0.6) is 5.88 Å². The zero-order valence-corrected chi connectivity index (χ0v) is 13.6. The molecule has 0 bridgehead atoms. The number of nitrogens with zero attached hydrogens (tertiary/aromatic N) is 5. The third-order valence-electron chi connectivity index (χ3n) is 4.79. The summed E-state index contributed by atoms with van der Waals surface area (Å²) in [6.45, 7) is 0. The van der Waals surface area contributed by atoms with E-state index in [-0.39, 0.29) is 6.04 Å². The molecule has 3 aromatic rings. The van der Waals surface area contributed by atoms with Crippen LogP contribution in [-0.4, -0.2) is 31.8 Å². The minimum atomic E-state index is 0.0226. The van der Waals surface area contributed by atoms with E-state index in [1.54, 1.807) is 13.3 Å². The van der Waals surface area contributed by atoms with Gasteiger partial charge in [-0.1, -0.05) is 18.9 Å². The van der Waals surface area contributed by atoms with Crippen molar-refractivity contribution in [3.05, 3.63) is 36.4 Å². The first-order valence-corrected chi connectivity index (χ1v) is 8.22. The van der Waals surface area contributed by atoms with Crippen molar-refractivity contribution in [1.82, 2.24) is 24.7 Å². The summed E-state index contributed by atoms with van der Waals surface area (Å²) < 4.78 is 7.25. The van der Waals surface area contributed by atoms with Crippen molar-refractivity contribution in [3.63, 3.8) is 0 Å². The monoisotopic (exact) mass is 324 g/mol. The molecule has 1 saturated carbocycles.